The maximum Gasteiger partial charge on any atom is 0.337 e. The minimum Gasteiger partial charge on any atom is -0.478 e. The van der Waals surface area contributed by atoms with Crippen LogP contribution in [0.4, 0.5) is 20.2 Å². The highest BCUT2D eigenvalue weighted by Crippen LogP contribution is 2.23. The van der Waals surface area contributed by atoms with Gasteiger partial charge in [-0.15, -0.1) is 0 Å². The third-order valence-electron chi connectivity index (χ3n) is 2.24. The molecule has 0 radical (unpaired) electrons. The fourth-order valence-corrected chi connectivity index (χ4v) is 1.28. The van der Waals surface area contributed by atoms with Gasteiger partial charge in [-0.1, -0.05) is 0 Å². The lowest BCUT2D eigenvalue weighted by atomic mass is 10.1. The highest BCUT2D eigenvalue weighted by Gasteiger charge is 2.19. The van der Waals surface area contributed by atoms with Crippen molar-refractivity contribution in [2.45, 2.75) is 12.5 Å². The smallest absolute Gasteiger partial charge is 0.337 e. The molecule has 0 aliphatic rings. The molecule has 0 spiro atoms. The first-order chi connectivity index (χ1) is 8.82. The lowest BCUT2D eigenvalue weighted by Gasteiger charge is -2.13. The van der Waals surface area contributed by atoms with Crippen LogP contribution in [0.15, 0.2) is 18.2 Å². The summed E-state index contributed by atoms with van der Waals surface area (Å²) in [5.74, 6) is -1.37. The van der Waals surface area contributed by atoms with Crippen LogP contribution in [-0.2, 0) is 0 Å². The number of nitrogens with zero attached hydrogens (tertiary/aromatic N) is 1. The summed E-state index contributed by atoms with van der Waals surface area (Å²) in [4.78, 5) is 20.7. The molecule has 1 aromatic rings. The van der Waals surface area contributed by atoms with E-state index in [2.05, 4.69) is 5.32 Å². The zero-order valence-electron chi connectivity index (χ0n) is 9.42. The van der Waals surface area contributed by atoms with Crippen LogP contribution in [-0.4, -0.2) is 40.2 Å². The van der Waals surface area contributed by atoms with Crippen LogP contribution in [0.1, 0.15) is 10.4 Å². The lowest BCUT2D eigenvalue weighted by Crippen LogP contribution is -2.27. The molecule has 3 N–H and O–H groups in total. The number of halogens is 2. The number of aliphatic hydroxyl groups excluding tert-OH is 1. The van der Waals surface area contributed by atoms with Crippen LogP contribution < -0.4 is 5.32 Å². The molecule has 1 atom stereocenters. The largest absolute Gasteiger partial charge is 0.478 e. The Morgan fingerprint density at radius 2 is 2.11 bits per heavy atom. The number of aromatic carboxylic acids is 1. The number of carboxylic acids is 1. The molecule has 7 nitrogen and oxygen atoms in total. The number of nitro benzene ring substituents is 1. The summed E-state index contributed by atoms with van der Waals surface area (Å²) in [6.45, 7) is -0.626. The van der Waals surface area contributed by atoms with Crippen molar-refractivity contribution in [3.8, 4) is 0 Å². The Balaban J connectivity index is 2.98. The maximum atomic E-state index is 12.1. The summed E-state index contributed by atoms with van der Waals surface area (Å²) < 4.78 is 24.2. The van der Waals surface area contributed by atoms with Crippen molar-refractivity contribution >= 4 is 17.3 Å². The molecular formula is C10H10F2N2O5. The Morgan fingerprint density at radius 3 is 2.58 bits per heavy atom. The SMILES string of the molecule is O=C(O)c1ccc([N+](=O)[O-])cc1NCC(O)C(F)F. The van der Waals surface area contributed by atoms with Crippen LogP contribution >= 0.6 is 0 Å². The normalized spacial score (nSPS) is 12.2. The predicted octanol–water partition coefficient (Wildman–Crippen LogP) is 1.33. The second-order valence-electron chi connectivity index (χ2n) is 3.57. The van der Waals surface area contributed by atoms with Crippen molar-refractivity contribution in [2.75, 3.05) is 11.9 Å². The zero-order valence-corrected chi connectivity index (χ0v) is 9.42. The van der Waals surface area contributed by atoms with E-state index >= 15 is 0 Å². The molecule has 0 saturated heterocycles. The van der Waals surface area contributed by atoms with E-state index in [1.807, 2.05) is 0 Å². The second kappa shape index (κ2) is 6.05. The van der Waals surface area contributed by atoms with Gasteiger partial charge in [0.15, 0.2) is 0 Å². The number of nitrogens with one attached hydrogen (secondary N) is 1. The van der Waals surface area contributed by atoms with E-state index in [-0.39, 0.29) is 16.9 Å². The number of benzene rings is 1. The Kier molecular flexibility index (Phi) is 4.70. The third-order valence-corrected chi connectivity index (χ3v) is 2.24. The molecule has 19 heavy (non-hydrogen) atoms. The number of carboxylic acid groups (broad SMARTS) is 1. The number of nitro groups is 1. The van der Waals surface area contributed by atoms with Gasteiger partial charge in [0, 0.05) is 18.7 Å². The van der Waals surface area contributed by atoms with Crippen molar-refractivity contribution in [1.29, 1.82) is 0 Å². The fraction of sp³-hybridized carbons (Fsp3) is 0.300. The van der Waals surface area contributed by atoms with E-state index in [1.54, 1.807) is 0 Å². The second-order valence-corrected chi connectivity index (χ2v) is 3.57. The van der Waals surface area contributed by atoms with E-state index in [0.29, 0.717) is 0 Å². The first kappa shape index (κ1) is 14.8. The van der Waals surface area contributed by atoms with Crippen molar-refractivity contribution < 1.29 is 28.7 Å². The highest BCUT2D eigenvalue weighted by atomic mass is 19.3. The van der Waals surface area contributed by atoms with Crippen LogP contribution in [0, 0.1) is 10.1 Å². The number of carbonyl (C=O) groups is 1. The topological polar surface area (TPSA) is 113 Å². The van der Waals surface area contributed by atoms with Crippen molar-refractivity contribution in [3.63, 3.8) is 0 Å². The average Bonchev–Trinajstić information content (AvgIpc) is 2.34. The summed E-state index contributed by atoms with van der Waals surface area (Å²) in [6.07, 6.45) is -5.00. The van der Waals surface area contributed by atoms with E-state index in [4.69, 9.17) is 10.2 Å². The molecule has 0 aliphatic carbocycles. The zero-order chi connectivity index (χ0) is 14.6. The summed E-state index contributed by atoms with van der Waals surface area (Å²) >= 11 is 0. The number of alkyl halides is 2. The minimum atomic E-state index is -3.00. The average molecular weight is 276 g/mol. The quantitative estimate of drug-likeness (QED) is 0.533. The molecule has 0 bridgehead atoms. The van der Waals surface area contributed by atoms with Gasteiger partial charge in [-0.25, -0.2) is 13.6 Å². The van der Waals surface area contributed by atoms with Gasteiger partial charge < -0.3 is 15.5 Å². The van der Waals surface area contributed by atoms with E-state index in [9.17, 15) is 23.7 Å². The Bertz CT molecular complexity index is 495. The van der Waals surface area contributed by atoms with Gasteiger partial charge in [0.25, 0.3) is 12.1 Å². The number of non-ortho nitro benzene ring substituents is 1. The first-order valence-corrected chi connectivity index (χ1v) is 5.04. The molecule has 0 aromatic heterocycles. The Morgan fingerprint density at radius 1 is 1.47 bits per heavy atom. The third kappa shape index (κ3) is 3.85. The molecule has 1 aromatic carbocycles. The lowest BCUT2D eigenvalue weighted by molar-refractivity contribution is -0.384. The van der Waals surface area contributed by atoms with Crippen molar-refractivity contribution in [2.24, 2.45) is 0 Å². The van der Waals surface area contributed by atoms with Gasteiger partial charge in [-0.2, -0.15) is 0 Å². The maximum absolute atomic E-state index is 12.1. The first-order valence-electron chi connectivity index (χ1n) is 5.04. The van der Waals surface area contributed by atoms with Crippen molar-refractivity contribution in [1.82, 2.24) is 0 Å². The molecule has 1 rings (SSSR count). The molecule has 1 unspecified atom stereocenters. The Hall–Kier alpha value is -2.29. The molecule has 9 heteroatoms. The molecule has 104 valence electrons. The molecular weight excluding hydrogens is 266 g/mol. The van der Waals surface area contributed by atoms with Gasteiger partial charge in [-0.3, -0.25) is 10.1 Å². The van der Waals surface area contributed by atoms with Gasteiger partial charge in [0.2, 0.25) is 0 Å². The summed E-state index contributed by atoms with van der Waals surface area (Å²) in [5.41, 5.74) is -0.910. The predicted molar refractivity (Wildman–Crippen MR) is 60.6 cm³/mol. The summed E-state index contributed by atoms with van der Waals surface area (Å²) in [7, 11) is 0. The van der Waals surface area contributed by atoms with Gasteiger partial charge >= 0.3 is 5.97 Å². The number of hydrogen-bond acceptors (Lipinski definition) is 5. The number of rotatable bonds is 6. The molecule has 0 heterocycles. The van der Waals surface area contributed by atoms with Gasteiger partial charge in [0.1, 0.15) is 6.10 Å². The highest BCUT2D eigenvalue weighted by molar-refractivity contribution is 5.94. The minimum absolute atomic E-state index is 0.207. The summed E-state index contributed by atoms with van der Waals surface area (Å²) in [5, 5.41) is 30.5. The van der Waals surface area contributed by atoms with Gasteiger partial charge in [-0.05, 0) is 6.07 Å². The van der Waals surface area contributed by atoms with Crippen LogP contribution in [0.3, 0.4) is 0 Å². The van der Waals surface area contributed by atoms with Crippen LogP contribution in [0.5, 0.6) is 0 Å². The van der Waals surface area contributed by atoms with Crippen LogP contribution in [0.2, 0.25) is 0 Å². The number of hydrogen-bond donors (Lipinski definition) is 3. The molecule has 0 amide bonds. The van der Waals surface area contributed by atoms with E-state index < -0.39 is 30.0 Å². The monoisotopic (exact) mass is 276 g/mol. The molecule has 0 aliphatic heterocycles. The number of anilines is 1. The number of aliphatic hydroxyl groups is 1. The molecule has 0 fully saturated rings. The molecule has 0 saturated carbocycles. The van der Waals surface area contributed by atoms with E-state index in [0.717, 1.165) is 18.2 Å². The summed E-state index contributed by atoms with van der Waals surface area (Å²) in [6, 6.07) is 2.87. The standard InChI is InChI=1S/C10H10F2N2O5/c11-9(12)8(15)4-13-7-3-5(14(18)19)1-2-6(7)10(16)17/h1-3,8-9,13,15H,4H2,(H,16,17). The fourth-order valence-electron chi connectivity index (χ4n) is 1.28. The Labute approximate surface area is 105 Å². The van der Waals surface area contributed by atoms with Crippen molar-refractivity contribution in [3.05, 3.63) is 33.9 Å². The van der Waals surface area contributed by atoms with E-state index in [1.165, 1.54) is 0 Å². The van der Waals surface area contributed by atoms with Gasteiger partial charge in [0.05, 0.1) is 16.2 Å². The van der Waals surface area contributed by atoms with Crippen LogP contribution in [0.25, 0.3) is 0 Å².